The molecule has 3 rings (SSSR count). The van der Waals surface area contributed by atoms with E-state index in [9.17, 15) is 4.79 Å². The first-order valence-corrected chi connectivity index (χ1v) is 7.07. The van der Waals surface area contributed by atoms with E-state index in [0.29, 0.717) is 6.61 Å². The van der Waals surface area contributed by atoms with E-state index in [0.717, 1.165) is 27.6 Å². The standard InChI is InChI=1S/C17H16N2O3/c1-3-21-17(20)11(2)18-19-12-8-9-16-14(10-12)13-6-4-5-7-15(13)22-16/h4-10,19H,3H2,1-2H3/b18-11-. The van der Waals surface area contributed by atoms with Gasteiger partial charge in [-0.25, -0.2) is 4.79 Å². The molecule has 2 aromatic carbocycles. The number of fused-ring (bicyclic) bond motifs is 3. The van der Waals surface area contributed by atoms with Crippen LogP contribution in [0.25, 0.3) is 21.9 Å². The lowest BCUT2D eigenvalue weighted by molar-refractivity contribution is -0.135. The summed E-state index contributed by atoms with van der Waals surface area (Å²) in [5.41, 5.74) is 5.60. The number of rotatable bonds is 4. The Kier molecular flexibility index (Phi) is 3.78. The molecule has 1 heterocycles. The number of nitrogens with one attached hydrogen (secondary N) is 1. The van der Waals surface area contributed by atoms with E-state index in [1.165, 1.54) is 0 Å². The molecule has 0 saturated carbocycles. The summed E-state index contributed by atoms with van der Waals surface area (Å²) in [6.45, 7) is 3.70. The Labute approximate surface area is 127 Å². The topological polar surface area (TPSA) is 63.8 Å². The molecule has 0 aliphatic heterocycles. The zero-order chi connectivity index (χ0) is 15.5. The third-order valence-electron chi connectivity index (χ3n) is 3.30. The molecule has 3 aromatic rings. The Morgan fingerprint density at radius 2 is 1.95 bits per heavy atom. The second kappa shape index (κ2) is 5.89. The van der Waals surface area contributed by atoms with E-state index in [4.69, 9.17) is 9.15 Å². The predicted octanol–water partition coefficient (Wildman–Crippen LogP) is 3.94. The maximum atomic E-state index is 11.5. The van der Waals surface area contributed by atoms with Gasteiger partial charge in [0.1, 0.15) is 16.9 Å². The van der Waals surface area contributed by atoms with Gasteiger partial charge >= 0.3 is 5.97 Å². The van der Waals surface area contributed by atoms with Gasteiger partial charge < -0.3 is 9.15 Å². The van der Waals surface area contributed by atoms with Crippen LogP contribution < -0.4 is 5.43 Å². The van der Waals surface area contributed by atoms with E-state index in [1.54, 1.807) is 13.8 Å². The fourth-order valence-corrected chi connectivity index (χ4v) is 2.23. The zero-order valence-electron chi connectivity index (χ0n) is 12.4. The Bertz CT molecular complexity index is 865. The van der Waals surface area contributed by atoms with Gasteiger partial charge in [0.2, 0.25) is 0 Å². The highest BCUT2D eigenvalue weighted by molar-refractivity contribution is 6.35. The number of para-hydroxylation sites is 1. The van der Waals surface area contributed by atoms with Crippen molar-refractivity contribution in [2.45, 2.75) is 13.8 Å². The van der Waals surface area contributed by atoms with Crippen molar-refractivity contribution in [2.75, 3.05) is 12.0 Å². The second-order valence-corrected chi connectivity index (χ2v) is 4.84. The van der Waals surface area contributed by atoms with Crippen LogP contribution in [0.15, 0.2) is 52.0 Å². The number of carbonyl (C=O) groups excluding carboxylic acids is 1. The molecule has 112 valence electrons. The third kappa shape index (κ3) is 2.65. The highest BCUT2D eigenvalue weighted by Gasteiger charge is 2.08. The Morgan fingerprint density at radius 1 is 1.18 bits per heavy atom. The van der Waals surface area contributed by atoms with Crippen molar-refractivity contribution in [3.8, 4) is 0 Å². The first kappa shape index (κ1) is 14.1. The van der Waals surface area contributed by atoms with Crippen molar-refractivity contribution in [1.82, 2.24) is 0 Å². The van der Waals surface area contributed by atoms with Gasteiger partial charge in [-0.3, -0.25) is 5.43 Å². The minimum Gasteiger partial charge on any atom is -0.461 e. The summed E-state index contributed by atoms with van der Waals surface area (Å²) in [7, 11) is 0. The van der Waals surface area contributed by atoms with E-state index in [2.05, 4.69) is 10.5 Å². The molecule has 0 amide bonds. The summed E-state index contributed by atoms with van der Waals surface area (Å²) in [4.78, 5) is 11.5. The fourth-order valence-electron chi connectivity index (χ4n) is 2.23. The lowest BCUT2D eigenvalue weighted by atomic mass is 10.1. The molecule has 0 saturated heterocycles. The van der Waals surface area contributed by atoms with E-state index in [1.807, 2.05) is 42.5 Å². The summed E-state index contributed by atoms with van der Waals surface area (Å²) >= 11 is 0. The van der Waals surface area contributed by atoms with Gasteiger partial charge in [-0.2, -0.15) is 5.10 Å². The second-order valence-electron chi connectivity index (χ2n) is 4.84. The molecule has 0 aliphatic rings. The number of hydrazone groups is 1. The molecular weight excluding hydrogens is 280 g/mol. The van der Waals surface area contributed by atoms with Crippen LogP contribution in [0.5, 0.6) is 0 Å². The van der Waals surface area contributed by atoms with Crippen molar-refractivity contribution >= 4 is 39.3 Å². The number of nitrogens with zero attached hydrogens (tertiary/aromatic N) is 1. The average molecular weight is 296 g/mol. The molecule has 0 spiro atoms. The third-order valence-corrected chi connectivity index (χ3v) is 3.30. The summed E-state index contributed by atoms with van der Waals surface area (Å²) in [5.74, 6) is -0.426. The van der Waals surface area contributed by atoms with Gasteiger partial charge in [0.25, 0.3) is 0 Å². The van der Waals surface area contributed by atoms with Crippen LogP contribution in [0.4, 0.5) is 5.69 Å². The number of carbonyl (C=O) groups is 1. The smallest absolute Gasteiger partial charge is 0.354 e. The fraction of sp³-hybridized carbons (Fsp3) is 0.176. The highest BCUT2D eigenvalue weighted by Crippen LogP contribution is 2.30. The maximum absolute atomic E-state index is 11.5. The van der Waals surface area contributed by atoms with Crippen molar-refractivity contribution in [3.05, 3.63) is 42.5 Å². The van der Waals surface area contributed by atoms with Crippen LogP contribution in [0.1, 0.15) is 13.8 Å². The molecule has 5 nitrogen and oxygen atoms in total. The molecule has 1 N–H and O–H groups in total. The van der Waals surface area contributed by atoms with Crippen LogP contribution in [0.2, 0.25) is 0 Å². The minimum absolute atomic E-state index is 0.277. The number of esters is 1. The lowest BCUT2D eigenvalue weighted by Gasteiger charge is -2.03. The number of ether oxygens (including phenoxy) is 1. The summed E-state index contributed by atoms with van der Waals surface area (Å²) in [6, 6.07) is 13.5. The molecular formula is C17H16N2O3. The van der Waals surface area contributed by atoms with Crippen molar-refractivity contribution < 1.29 is 13.9 Å². The maximum Gasteiger partial charge on any atom is 0.354 e. The molecule has 0 radical (unpaired) electrons. The van der Waals surface area contributed by atoms with Crippen LogP contribution in [0.3, 0.4) is 0 Å². The average Bonchev–Trinajstić information content (AvgIpc) is 2.90. The summed E-state index contributed by atoms with van der Waals surface area (Å²) in [5, 5.41) is 6.10. The van der Waals surface area contributed by atoms with Crippen molar-refractivity contribution in [1.29, 1.82) is 0 Å². The lowest BCUT2D eigenvalue weighted by Crippen LogP contribution is -2.15. The van der Waals surface area contributed by atoms with E-state index < -0.39 is 5.97 Å². The molecule has 1 aromatic heterocycles. The SMILES string of the molecule is CCOC(=O)/C(C)=N\Nc1ccc2oc3ccccc3c2c1. The molecule has 0 fully saturated rings. The molecule has 0 bridgehead atoms. The van der Waals surface area contributed by atoms with Crippen molar-refractivity contribution in [3.63, 3.8) is 0 Å². The van der Waals surface area contributed by atoms with E-state index in [-0.39, 0.29) is 5.71 Å². The number of furan rings is 1. The first-order valence-electron chi connectivity index (χ1n) is 7.07. The predicted molar refractivity (Wildman–Crippen MR) is 87.1 cm³/mol. The first-order chi connectivity index (χ1) is 10.7. The summed E-state index contributed by atoms with van der Waals surface area (Å²) in [6.07, 6.45) is 0. The van der Waals surface area contributed by atoms with Gasteiger partial charge in [0.15, 0.2) is 0 Å². The quantitative estimate of drug-likeness (QED) is 0.450. The number of hydrogen-bond donors (Lipinski definition) is 1. The molecule has 0 unspecified atom stereocenters. The van der Waals surface area contributed by atoms with Gasteiger partial charge in [-0.15, -0.1) is 0 Å². The molecule has 22 heavy (non-hydrogen) atoms. The highest BCUT2D eigenvalue weighted by atomic mass is 16.5. The minimum atomic E-state index is -0.426. The van der Waals surface area contributed by atoms with Crippen LogP contribution in [0, 0.1) is 0 Å². The summed E-state index contributed by atoms with van der Waals surface area (Å²) < 4.78 is 10.6. The van der Waals surface area contributed by atoms with Crippen LogP contribution >= 0.6 is 0 Å². The number of hydrogen-bond acceptors (Lipinski definition) is 5. The molecule has 5 heteroatoms. The zero-order valence-corrected chi connectivity index (χ0v) is 12.4. The van der Waals surface area contributed by atoms with Gasteiger partial charge in [0.05, 0.1) is 12.3 Å². The van der Waals surface area contributed by atoms with Crippen molar-refractivity contribution in [2.24, 2.45) is 5.10 Å². The largest absolute Gasteiger partial charge is 0.461 e. The molecule has 0 aliphatic carbocycles. The van der Waals surface area contributed by atoms with Gasteiger partial charge in [-0.05, 0) is 38.1 Å². The van der Waals surface area contributed by atoms with E-state index >= 15 is 0 Å². The van der Waals surface area contributed by atoms with Gasteiger partial charge in [-0.1, -0.05) is 18.2 Å². The van der Waals surface area contributed by atoms with Gasteiger partial charge in [0, 0.05) is 10.8 Å². The van der Waals surface area contributed by atoms with Crippen LogP contribution in [-0.2, 0) is 9.53 Å². The monoisotopic (exact) mass is 296 g/mol. The molecule has 0 atom stereocenters. The Morgan fingerprint density at radius 3 is 2.77 bits per heavy atom. The Hall–Kier alpha value is -2.82. The number of anilines is 1. The van der Waals surface area contributed by atoms with Crippen LogP contribution in [-0.4, -0.2) is 18.3 Å². The Balaban J connectivity index is 1.90. The normalized spacial score (nSPS) is 11.8. The number of benzene rings is 2.